The third kappa shape index (κ3) is 5.30. The van der Waals surface area contributed by atoms with Crippen LogP contribution in [0.15, 0.2) is 18.2 Å². The van der Waals surface area contributed by atoms with Crippen LogP contribution in [0.25, 0.3) is 0 Å². The van der Waals surface area contributed by atoms with E-state index in [2.05, 4.69) is 15.9 Å². The second-order valence-corrected chi connectivity index (χ2v) is 10.3. The Morgan fingerprint density at radius 2 is 1.55 bits per heavy atom. The van der Waals surface area contributed by atoms with Crippen LogP contribution in [0.4, 0.5) is 0 Å². The van der Waals surface area contributed by atoms with E-state index in [9.17, 15) is 5.11 Å². The topological polar surface area (TPSA) is 26.7 Å². The summed E-state index contributed by atoms with van der Waals surface area (Å²) in [5, 5.41) is 12.8. The van der Waals surface area contributed by atoms with Gasteiger partial charge in [-0.1, -0.05) is 55.0 Å². The van der Waals surface area contributed by atoms with Crippen LogP contribution in [0.5, 0.6) is 0 Å². The van der Waals surface area contributed by atoms with Crippen LogP contribution in [0.1, 0.15) is 75.7 Å². The summed E-state index contributed by atoms with van der Waals surface area (Å²) in [6, 6.07) is 6.71. The van der Waals surface area contributed by atoms with Gasteiger partial charge >= 0.3 is 0 Å². The third-order valence-corrected chi connectivity index (χ3v) is 8.36. The summed E-state index contributed by atoms with van der Waals surface area (Å²) in [4.78, 5) is 5.31. The van der Waals surface area contributed by atoms with E-state index in [0.29, 0.717) is 10.0 Å². The highest BCUT2D eigenvalue weighted by Gasteiger charge is 2.40. The fraction of sp³-hybridized carbons (Fsp3) is 0.750. The number of aliphatic hydroxyl groups is 1. The molecule has 4 rings (SSSR count). The Hall–Kier alpha value is -0.320. The zero-order valence-corrected chi connectivity index (χ0v) is 19.1. The van der Waals surface area contributed by atoms with E-state index >= 15 is 0 Å². The molecule has 0 radical (unpaired) electrons. The quantitative estimate of drug-likeness (QED) is 0.636. The van der Waals surface area contributed by atoms with Gasteiger partial charge in [0.05, 0.1) is 15.6 Å². The largest absolute Gasteiger partial charge is 0.389 e. The first kappa shape index (κ1) is 21.9. The average Bonchev–Trinajstić information content (AvgIpc) is 2.76. The molecule has 1 saturated carbocycles. The van der Waals surface area contributed by atoms with Gasteiger partial charge in [0.15, 0.2) is 0 Å². The Balaban J connectivity index is 1.45. The van der Waals surface area contributed by atoms with Gasteiger partial charge in [-0.05, 0) is 82.4 Å². The van der Waals surface area contributed by atoms with Gasteiger partial charge in [0.2, 0.25) is 0 Å². The molecule has 2 saturated heterocycles. The Kier molecular flexibility index (Phi) is 7.45. The molecule has 0 bridgehead atoms. The minimum atomic E-state index is -0.626. The van der Waals surface area contributed by atoms with Crippen LogP contribution >= 0.6 is 23.2 Å². The number of rotatable bonds is 5. The molecule has 1 aliphatic carbocycles. The maximum Gasteiger partial charge on any atom is 0.0728 e. The van der Waals surface area contributed by atoms with Crippen molar-refractivity contribution in [2.75, 3.05) is 32.7 Å². The standard InChI is InChI=1S/C24H36Cl2N2O/c25-22-8-7-19(17-23(22)26)21(24(29)11-3-1-4-12-24)18-27-15-9-20(10-16-27)28-13-5-2-6-14-28/h7-8,17,20-21,29H,1-6,9-16,18H2. The summed E-state index contributed by atoms with van der Waals surface area (Å²) >= 11 is 12.5. The summed E-state index contributed by atoms with van der Waals surface area (Å²) in [6.45, 7) is 5.76. The molecule has 2 heterocycles. The summed E-state index contributed by atoms with van der Waals surface area (Å²) < 4.78 is 0. The second-order valence-electron chi connectivity index (χ2n) is 9.52. The van der Waals surface area contributed by atoms with E-state index in [1.54, 1.807) is 0 Å². The highest BCUT2D eigenvalue weighted by molar-refractivity contribution is 6.42. The lowest BCUT2D eigenvalue weighted by atomic mass is 9.72. The second kappa shape index (κ2) is 9.87. The SMILES string of the molecule is OC1(C(CN2CCC(N3CCCCC3)CC2)c2ccc(Cl)c(Cl)c2)CCCCC1. The predicted molar refractivity (Wildman–Crippen MR) is 122 cm³/mol. The fourth-order valence-electron chi connectivity index (χ4n) is 5.84. The highest BCUT2D eigenvalue weighted by Crippen LogP contribution is 2.42. The maximum absolute atomic E-state index is 11.6. The zero-order chi connectivity index (χ0) is 20.3. The van der Waals surface area contributed by atoms with Crippen molar-refractivity contribution in [3.05, 3.63) is 33.8 Å². The van der Waals surface area contributed by atoms with Crippen LogP contribution in [0.2, 0.25) is 10.0 Å². The van der Waals surface area contributed by atoms with E-state index in [-0.39, 0.29) is 5.92 Å². The van der Waals surface area contributed by atoms with Gasteiger partial charge in [-0.2, -0.15) is 0 Å². The molecule has 0 spiro atoms. The van der Waals surface area contributed by atoms with E-state index in [1.807, 2.05) is 12.1 Å². The van der Waals surface area contributed by atoms with Crippen molar-refractivity contribution in [2.45, 2.75) is 81.8 Å². The number of benzene rings is 1. The first-order valence-electron chi connectivity index (χ1n) is 11.7. The monoisotopic (exact) mass is 438 g/mol. The number of halogens is 2. The smallest absolute Gasteiger partial charge is 0.0728 e. The molecule has 1 unspecified atom stereocenters. The van der Waals surface area contributed by atoms with Crippen molar-refractivity contribution in [1.82, 2.24) is 9.80 Å². The fourth-order valence-corrected chi connectivity index (χ4v) is 6.14. The van der Waals surface area contributed by atoms with Gasteiger partial charge in [-0.25, -0.2) is 0 Å². The van der Waals surface area contributed by atoms with Gasteiger partial charge in [-0.3, -0.25) is 0 Å². The Labute approximate surface area is 186 Å². The molecule has 5 heteroatoms. The van der Waals surface area contributed by atoms with E-state index < -0.39 is 5.60 Å². The van der Waals surface area contributed by atoms with Crippen molar-refractivity contribution in [3.63, 3.8) is 0 Å². The molecule has 0 aromatic heterocycles. The molecule has 162 valence electrons. The van der Waals surface area contributed by atoms with Gasteiger partial charge in [0.1, 0.15) is 0 Å². The van der Waals surface area contributed by atoms with E-state index in [4.69, 9.17) is 23.2 Å². The maximum atomic E-state index is 11.6. The molecule has 1 N–H and O–H groups in total. The number of piperidine rings is 2. The number of hydrogen-bond acceptors (Lipinski definition) is 3. The first-order chi connectivity index (χ1) is 14.0. The Morgan fingerprint density at radius 3 is 2.21 bits per heavy atom. The normalized spacial score (nSPS) is 25.8. The van der Waals surface area contributed by atoms with Crippen LogP contribution in [-0.4, -0.2) is 59.3 Å². The van der Waals surface area contributed by atoms with Crippen LogP contribution in [-0.2, 0) is 0 Å². The highest BCUT2D eigenvalue weighted by atomic mass is 35.5. The van der Waals surface area contributed by atoms with Gasteiger partial charge in [-0.15, -0.1) is 0 Å². The van der Waals surface area contributed by atoms with Crippen LogP contribution in [0.3, 0.4) is 0 Å². The minimum absolute atomic E-state index is 0.101. The Morgan fingerprint density at radius 1 is 0.897 bits per heavy atom. The third-order valence-electron chi connectivity index (χ3n) is 7.62. The molecule has 1 aromatic carbocycles. The van der Waals surface area contributed by atoms with Crippen molar-refractivity contribution >= 4 is 23.2 Å². The molecule has 29 heavy (non-hydrogen) atoms. The number of likely N-dealkylation sites (tertiary alicyclic amines) is 2. The summed E-state index contributed by atoms with van der Waals surface area (Å²) in [5.74, 6) is 0.101. The van der Waals surface area contributed by atoms with Crippen molar-refractivity contribution in [1.29, 1.82) is 0 Å². The Bertz CT molecular complexity index is 663. The molecular weight excluding hydrogens is 403 g/mol. The lowest BCUT2D eigenvalue weighted by Gasteiger charge is -2.45. The molecule has 3 nitrogen and oxygen atoms in total. The van der Waals surface area contributed by atoms with Crippen LogP contribution in [0, 0.1) is 0 Å². The van der Waals surface area contributed by atoms with Crippen molar-refractivity contribution < 1.29 is 5.11 Å². The molecular formula is C24H36Cl2N2O. The molecule has 1 aromatic rings. The van der Waals surface area contributed by atoms with Crippen molar-refractivity contribution in [3.8, 4) is 0 Å². The summed E-state index contributed by atoms with van der Waals surface area (Å²) in [7, 11) is 0. The minimum Gasteiger partial charge on any atom is -0.389 e. The van der Waals surface area contributed by atoms with Gasteiger partial charge in [0, 0.05) is 18.5 Å². The lowest BCUT2D eigenvalue weighted by molar-refractivity contribution is -0.0343. The molecule has 0 amide bonds. The molecule has 3 fully saturated rings. The van der Waals surface area contributed by atoms with E-state index in [1.165, 1.54) is 51.6 Å². The number of hydrogen-bond donors (Lipinski definition) is 1. The molecule has 3 aliphatic rings. The lowest BCUT2D eigenvalue weighted by Crippen LogP contribution is -2.50. The first-order valence-corrected chi connectivity index (χ1v) is 12.4. The average molecular weight is 439 g/mol. The van der Waals surface area contributed by atoms with E-state index in [0.717, 1.165) is 56.9 Å². The van der Waals surface area contributed by atoms with Crippen LogP contribution < -0.4 is 0 Å². The summed E-state index contributed by atoms with van der Waals surface area (Å²) in [5.41, 5.74) is 0.515. The zero-order valence-electron chi connectivity index (χ0n) is 17.6. The van der Waals surface area contributed by atoms with Gasteiger partial charge in [0.25, 0.3) is 0 Å². The van der Waals surface area contributed by atoms with Gasteiger partial charge < -0.3 is 14.9 Å². The van der Waals surface area contributed by atoms with Crippen molar-refractivity contribution in [2.24, 2.45) is 0 Å². The number of nitrogens with zero attached hydrogens (tertiary/aromatic N) is 2. The summed E-state index contributed by atoms with van der Waals surface area (Å²) in [6.07, 6.45) is 11.9. The predicted octanol–water partition coefficient (Wildman–Crippen LogP) is 5.72. The molecule has 1 atom stereocenters. The molecule has 2 aliphatic heterocycles.